The van der Waals surface area contributed by atoms with Crippen LogP contribution in [0.1, 0.15) is 43.7 Å². The first-order valence-corrected chi connectivity index (χ1v) is 11.6. The number of carbonyl (C=O) groups excluding carboxylic acids is 2. The maximum Gasteiger partial charge on any atom is 0.272 e. The third kappa shape index (κ3) is 4.99. The number of benzene rings is 3. The van der Waals surface area contributed by atoms with Crippen LogP contribution in [0.15, 0.2) is 91.0 Å². The van der Waals surface area contributed by atoms with Gasteiger partial charge in [0.2, 0.25) is 0 Å². The maximum atomic E-state index is 14.1. The summed E-state index contributed by atoms with van der Waals surface area (Å²) in [6, 6.07) is 27.4. The molecule has 1 aliphatic rings. The quantitative estimate of drug-likeness (QED) is 0.437. The number of amides is 2. The molecule has 0 saturated heterocycles. The molecule has 0 unspecified atom stereocenters. The molecular formula is C28H25FN4O2. The van der Waals surface area contributed by atoms with Crippen molar-refractivity contribution in [1.29, 1.82) is 0 Å². The van der Waals surface area contributed by atoms with Crippen LogP contribution in [0.4, 0.5) is 4.39 Å². The number of nitrogens with one attached hydrogen (secondary N) is 1. The molecule has 1 aromatic heterocycles. The Bertz CT molecular complexity index is 1340. The van der Waals surface area contributed by atoms with E-state index >= 15 is 0 Å². The molecule has 0 saturated carbocycles. The molecule has 0 fully saturated rings. The molecule has 1 atom stereocenters. The Labute approximate surface area is 203 Å². The molecule has 6 nitrogen and oxygen atoms in total. The van der Waals surface area contributed by atoms with Gasteiger partial charge in [0.05, 0.1) is 12.6 Å². The molecular weight excluding hydrogens is 443 g/mol. The van der Waals surface area contributed by atoms with Gasteiger partial charge in [-0.15, -0.1) is 0 Å². The van der Waals surface area contributed by atoms with Crippen LogP contribution in [0.2, 0.25) is 0 Å². The molecule has 3 aromatic carbocycles. The average Bonchev–Trinajstić information content (AvgIpc) is 3.33. The Morgan fingerprint density at radius 3 is 2.37 bits per heavy atom. The Balaban J connectivity index is 1.34. The number of nitrogens with zero attached hydrogens (tertiary/aromatic N) is 3. The lowest BCUT2D eigenvalue weighted by Crippen LogP contribution is -2.40. The van der Waals surface area contributed by atoms with Crippen LogP contribution in [0, 0.1) is 5.82 Å². The lowest BCUT2D eigenvalue weighted by Gasteiger charge is -2.27. The van der Waals surface area contributed by atoms with E-state index in [0.717, 1.165) is 11.1 Å². The standard InChI is InChI=1S/C28H25FN4O2/c29-23-14-8-7-13-22(23)19-32-15-16-33-26(28(32)35)18-25(31-33)27(34)30-24(21-11-5-2-6-12-21)17-20-9-3-1-4-10-20/h1-14,18,24H,15-17,19H2,(H,30,34)/t24-/m0/s1. The number of halogens is 1. The van der Waals surface area contributed by atoms with E-state index in [4.69, 9.17) is 0 Å². The van der Waals surface area contributed by atoms with Crippen LogP contribution in [0.5, 0.6) is 0 Å². The van der Waals surface area contributed by atoms with E-state index in [1.165, 1.54) is 12.1 Å². The lowest BCUT2D eigenvalue weighted by atomic mass is 9.98. The van der Waals surface area contributed by atoms with E-state index in [2.05, 4.69) is 10.4 Å². The number of hydrogen-bond donors (Lipinski definition) is 1. The van der Waals surface area contributed by atoms with Crippen molar-refractivity contribution in [3.63, 3.8) is 0 Å². The summed E-state index contributed by atoms with van der Waals surface area (Å²) in [7, 11) is 0. The molecule has 0 bridgehead atoms. The minimum Gasteiger partial charge on any atom is -0.344 e. The monoisotopic (exact) mass is 468 g/mol. The van der Waals surface area contributed by atoms with Gasteiger partial charge in [0, 0.05) is 24.7 Å². The SMILES string of the molecule is O=C(N[C@@H](Cc1ccccc1)c1ccccc1)c1cc2n(n1)CCN(Cc1ccccc1F)C2=O. The van der Waals surface area contributed by atoms with Gasteiger partial charge >= 0.3 is 0 Å². The van der Waals surface area contributed by atoms with Gasteiger partial charge in [0.25, 0.3) is 11.8 Å². The molecule has 0 radical (unpaired) electrons. The number of aromatic nitrogens is 2. The van der Waals surface area contributed by atoms with E-state index in [-0.39, 0.29) is 35.9 Å². The minimum absolute atomic E-state index is 0.172. The molecule has 35 heavy (non-hydrogen) atoms. The largest absolute Gasteiger partial charge is 0.344 e. The fraction of sp³-hybridized carbons (Fsp3) is 0.179. The summed E-state index contributed by atoms with van der Waals surface area (Å²) in [4.78, 5) is 27.8. The van der Waals surface area contributed by atoms with Gasteiger partial charge in [-0.3, -0.25) is 14.3 Å². The van der Waals surface area contributed by atoms with Crippen LogP contribution >= 0.6 is 0 Å². The first-order valence-electron chi connectivity index (χ1n) is 11.6. The van der Waals surface area contributed by atoms with Crippen molar-refractivity contribution in [1.82, 2.24) is 20.0 Å². The fourth-order valence-corrected chi connectivity index (χ4v) is 4.35. The molecule has 0 aliphatic carbocycles. The zero-order valence-corrected chi connectivity index (χ0v) is 19.1. The highest BCUT2D eigenvalue weighted by atomic mass is 19.1. The van der Waals surface area contributed by atoms with Crippen molar-refractivity contribution < 1.29 is 14.0 Å². The van der Waals surface area contributed by atoms with Crippen molar-refractivity contribution >= 4 is 11.8 Å². The van der Waals surface area contributed by atoms with Gasteiger partial charge in [-0.1, -0.05) is 78.9 Å². The van der Waals surface area contributed by atoms with Crippen molar-refractivity contribution in [2.75, 3.05) is 6.54 Å². The normalized spacial score (nSPS) is 13.9. The van der Waals surface area contributed by atoms with Crippen molar-refractivity contribution in [2.24, 2.45) is 0 Å². The van der Waals surface area contributed by atoms with Crippen LogP contribution in [-0.2, 0) is 19.5 Å². The summed E-state index contributed by atoms with van der Waals surface area (Å²) in [5.74, 6) is -0.954. The van der Waals surface area contributed by atoms with E-state index < -0.39 is 0 Å². The van der Waals surface area contributed by atoms with Crippen molar-refractivity contribution in [3.8, 4) is 0 Å². The predicted octanol–water partition coefficient (Wildman–Crippen LogP) is 4.39. The molecule has 1 aliphatic heterocycles. The molecule has 0 spiro atoms. The molecule has 7 heteroatoms. The highest BCUT2D eigenvalue weighted by Gasteiger charge is 2.29. The Kier molecular flexibility index (Phi) is 6.39. The van der Waals surface area contributed by atoms with Gasteiger partial charge < -0.3 is 10.2 Å². The number of carbonyl (C=O) groups is 2. The number of hydrogen-bond acceptors (Lipinski definition) is 3. The second kappa shape index (κ2) is 9.93. The summed E-state index contributed by atoms with van der Waals surface area (Å²) in [6.45, 7) is 1.00. The molecule has 2 amide bonds. The van der Waals surface area contributed by atoms with E-state index in [9.17, 15) is 14.0 Å². The Morgan fingerprint density at radius 1 is 0.943 bits per heavy atom. The van der Waals surface area contributed by atoms with Gasteiger partial charge in [-0.05, 0) is 23.6 Å². The van der Waals surface area contributed by atoms with Crippen molar-refractivity contribution in [2.45, 2.75) is 25.6 Å². The third-order valence-electron chi connectivity index (χ3n) is 6.21. The molecule has 2 heterocycles. The van der Waals surface area contributed by atoms with Gasteiger partial charge in [-0.25, -0.2) is 4.39 Å². The summed E-state index contributed by atoms with van der Waals surface area (Å²) < 4.78 is 15.6. The topological polar surface area (TPSA) is 67.2 Å². The first-order chi connectivity index (χ1) is 17.1. The van der Waals surface area contributed by atoms with Crippen molar-refractivity contribution in [3.05, 3.63) is 125 Å². The number of rotatable bonds is 7. The third-order valence-corrected chi connectivity index (χ3v) is 6.21. The molecule has 176 valence electrons. The van der Waals surface area contributed by atoms with E-state index in [1.54, 1.807) is 27.8 Å². The summed E-state index contributed by atoms with van der Waals surface area (Å²) >= 11 is 0. The van der Waals surface area contributed by atoms with Crippen LogP contribution in [0.25, 0.3) is 0 Å². The summed E-state index contributed by atoms with van der Waals surface area (Å²) in [5.41, 5.74) is 3.07. The molecule has 5 rings (SSSR count). The smallest absolute Gasteiger partial charge is 0.272 e. The van der Waals surface area contributed by atoms with E-state index in [1.807, 2.05) is 60.7 Å². The van der Waals surface area contributed by atoms with Crippen LogP contribution < -0.4 is 5.32 Å². The predicted molar refractivity (Wildman–Crippen MR) is 130 cm³/mol. The van der Waals surface area contributed by atoms with Gasteiger partial charge in [0.1, 0.15) is 11.5 Å². The van der Waals surface area contributed by atoms with E-state index in [0.29, 0.717) is 30.8 Å². The summed E-state index contributed by atoms with van der Waals surface area (Å²) in [6.07, 6.45) is 0.625. The summed E-state index contributed by atoms with van der Waals surface area (Å²) in [5, 5.41) is 7.49. The Hall–Kier alpha value is -4.26. The molecule has 4 aromatic rings. The highest BCUT2D eigenvalue weighted by molar-refractivity contribution is 5.98. The zero-order chi connectivity index (χ0) is 24.2. The second-order valence-corrected chi connectivity index (χ2v) is 8.58. The van der Waals surface area contributed by atoms with Crippen LogP contribution in [-0.4, -0.2) is 33.0 Å². The minimum atomic E-state index is -0.343. The van der Waals surface area contributed by atoms with Gasteiger partial charge in [0.15, 0.2) is 5.69 Å². The highest BCUT2D eigenvalue weighted by Crippen LogP contribution is 2.21. The Morgan fingerprint density at radius 2 is 1.63 bits per heavy atom. The first kappa shape index (κ1) is 22.5. The fourth-order valence-electron chi connectivity index (χ4n) is 4.35. The van der Waals surface area contributed by atoms with Crippen LogP contribution in [0.3, 0.4) is 0 Å². The van der Waals surface area contributed by atoms with Gasteiger partial charge in [-0.2, -0.15) is 5.10 Å². The molecule has 1 N–H and O–H groups in total. The zero-order valence-electron chi connectivity index (χ0n) is 19.1. The second-order valence-electron chi connectivity index (χ2n) is 8.58. The average molecular weight is 469 g/mol. The lowest BCUT2D eigenvalue weighted by molar-refractivity contribution is 0.0681. The maximum absolute atomic E-state index is 14.1. The number of fused-ring (bicyclic) bond motifs is 1.